The monoisotopic (exact) mass is 406 g/mol. The van der Waals surface area contributed by atoms with Crippen molar-refractivity contribution < 1.29 is 14.4 Å². The number of aromatic nitrogens is 1. The number of imide groups is 1. The predicted octanol–water partition coefficient (Wildman–Crippen LogP) is 1.97. The summed E-state index contributed by atoms with van der Waals surface area (Å²) in [5, 5.41) is 2.36. The molecular formula is C23H26N4O3. The van der Waals surface area contributed by atoms with Crippen molar-refractivity contribution in [1.82, 2.24) is 15.2 Å². The van der Waals surface area contributed by atoms with Crippen LogP contribution in [-0.2, 0) is 15.0 Å². The molecule has 0 radical (unpaired) electrons. The number of nitrogens with one attached hydrogen (secondary N) is 1. The van der Waals surface area contributed by atoms with E-state index in [2.05, 4.69) is 28.2 Å². The lowest BCUT2D eigenvalue weighted by Crippen LogP contribution is -2.49. The average Bonchev–Trinajstić information content (AvgIpc) is 3.00. The van der Waals surface area contributed by atoms with Crippen molar-refractivity contribution in [2.45, 2.75) is 32.6 Å². The Morgan fingerprint density at radius 2 is 1.73 bits per heavy atom. The fourth-order valence-corrected chi connectivity index (χ4v) is 4.27. The summed E-state index contributed by atoms with van der Waals surface area (Å²) < 4.78 is 0. The molecule has 0 aliphatic carbocycles. The summed E-state index contributed by atoms with van der Waals surface area (Å²) in [6.07, 6.45) is 2.01. The van der Waals surface area contributed by atoms with Crippen molar-refractivity contribution in [1.29, 1.82) is 0 Å². The number of aryl methyl sites for hydroxylation is 2. The molecule has 4 rings (SSSR count). The quantitative estimate of drug-likeness (QED) is 0.788. The van der Waals surface area contributed by atoms with Gasteiger partial charge in [0.15, 0.2) is 0 Å². The van der Waals surface area contributed by atoms with Crippen LogP contribution in [0.2, 0.25) is 0 Å². The van der Waals surface area contributed by atoms with E-state index in [9.17, 15) is 14.4 Å². The first kappa shape index (κ1) is 20.1. The Balaban J connectivity index is 1.42. The number of anilines is 1. The van der Waals surface area contributed by atoms with Gasteiger partial charge in [-0.2, -0.15) is 0 Å². The molecule has 1 atom stereocenters. The van der Waals surface area contributed by atoms with Gasteiger partial charge in [0.1, 0.15) is 5.82 Å². The van der Waals surface area contributed by atoms with Crippen molar-refractivity contribution in [3.63, 3.8) is 0 Å². The molecule has 1 N–H and O–H groups in total. The van der Waals surface area contributed by atoms with Gasteiger partial charge in [-0.05, 0) is 49.6 Å². The Bertz CT molecular complexity index is 1010. The second kappa shape index (κ2) is 7.55. The molecule has 2 fully saturated rings. The molecule has 156 valence electrons. The molecule has 3 amide bonds. The van der Waals surface area contributed by atoms with Crippen LogP contribution >= 0.6 is 0 Å². The van der Waals surface area contributed by atoms with E-state index in [1.165, 1.54) is 0 Å². The molecule has 2 aliphatic rings. The first-order chi connectivity index (χ1) is 14.3. The third kappa shape index (κ3) is 3.56. The van der Waals surface area contributed by atoms with E-state index in [1.54, 1.807) is 31.2 Å². The maximum atomic E-state index is 12.9. The van der Waals surface area contributed by atoms with Crippen molar-refractivity contribution in [3.8, 4) is 0 Å². The van der Waals surface area contributed by atoms with E-state index >= 15 is 0 Å². The number of rotatable bonds is 3. The first-order valence-electron chi connectivity index (χ1n) is 10.2. The van der Waals surface area contributed by atoms with Gasteiger partial charge in [0.2, 0.25) is 11.8 Å². The molecule has 2 aromatic rings. The highest BCUT2D eigenvalue weighted by atomic mass is 16.2. The topological polar surface area (TPSA) is 82.6 Å². The number of hydrogen-bond acceptors (Lipinski definition) is 5. The first-order valence-corrected chi connectivity index (χ1v) is 10.2. The number of piperazine rings is 1. The van der Waals surface area contributed by atoms with E-state index in [0.29, 0.717) is 18.7 Å². The number of amides is 3. The second-order valence-electron chi connectivity index (χ2n) is 8.40. The number of hydrogen-bond donors (Lipinski definition) is 1. The van der Waals surface area contributed by atoms with Crippen LogP contribution in [0.25, 0.3) is 0 Å². The number of carbonyl (C=O) groups is 3. The van der Waals surface area contributed by atoms with Gasteiger partial charge in [0.25, 0.3) is 5.91 Å². The van der Waals surface area contributed by atoms with Crippen LogP contribution in [0.3, 0.4) is 0 Å². The normalized spacial score (nSPS) is 21.7. The van der Waals surface area contributed by atoms with Gasteiger partial charge in [0.05, 0.1) is 5.41 Å². The molecule has 1 aromatic heterocycles. The molecule has 1 unspecified atom stereocenters. The lowest BCUT2D eigenvalue weighted by atomic mass is 9.80. The zero-order valence-electron chi connectivity index (χ0n) is 17.6. The van der Waals surface area contributed by atoms with Crippen LogP contribution in [0.1, 0.15) is 40.4 Å². The van der Waals surface area contributed by atoms with E-state index < -0.39 is 5.41 Å². The summed E-state index contributed by atoms with van der Waals surface area (Å²) in [7, 11) is 0. The van der Waals surface area contributed by atoms with Gasteiger partial charge in [-0.3, -0.25) is 19.7 Å². The van der Waals surface area contributed by atoms with Gasteiger partial charge in [-0.25, -0.2) is 4.98 Å². The molecule has 7 heteroatoms. The van der Waals surface area contributed by atoms with Gasteiger partial charge < -0.3 is 9.80 Å². The summed E-state index contributed by atoms with van der Waals surface area (Å²) in [6.45, 7) is 8.58. The number of carbonyl (C=O) groups excluding carboxylic acids is 3. The number of nitrogens with zero attached hydrogens (tertiary/aromatic N) is 3. The Labute approximate surface area is 176 Å². The minimum absolute atomic E-state index is 0.0214. The standard InChI is InChI=1S/C23H26N4O3/c1-15-12-16(2)20(24-14-15)26-8-10-27(11-9-26)21(29)17-4-6-18(7-5-17)23(3)13-19(28)25-22(23)30/h4-7,12,14H,8-11,13H2,1-3H3,(H,25,28,30). The van der Waals surface area contributed by atoms with Crippen molar-refractivity contribution in [3.05, 3.63) is 58.8 Å². The van der Waals surface area contributed by atoms with E-state index in [1.807, 2.05) is 18.0 Å². The average molecular weight is 406 g/mol. The maximum Gasteiger partial charge on any atom is 0.253 e. The van der Waals surface area contributed by atoms with E-state index in [-0.39, 0.29) is 24.1 Å². The Morgan fingerprint density at radius 1 is 1.07 bits per heavy atom. The van der Waals surface area contributed by atoms with Gasteiger partial charge >= 0.3 is 0 Å². The van der Waals surface area contributed by atoms with Crippen LogP contribution in [-0.4, -0.2) is 53.8 Å². The number of benzene rings is 1. The summed E-state index contributed by atoms with van der Waals surface area (Å²) >= 11 is 0. The largest absolute Gasteiger partial charge is 0.353 e. The van der Waals surface area contributed by atoms with Crippen LogP contribution in [0.4, 0.5) is 5.82 Å². The highest BCUT2D eigenvalue weighted by Gasteiger charge is 2.43. The zero-order chi connectivity index (χ0) is 21.5. The maximum absolute atomic E-state index is 12.9. The molecule has 2 aliphatic heterocycles. The highest BCUT2D eigenvalue weighted by Crippen LogP contribution is 2.32. The molecule has 1 aromatic carbocycles. The molecule has 0 spiro atoms. The lowest BCUT2D eigenvalue weighted by molar-refractivity contribution is -0.126. The van der Waals surface area contributed by atoms with Crippen molar-refractivity contribution >= 4 is 23.5 Å². The third-order valence-electron chi connectivity index (χ3n) is 6.09. The molecule has 0 saturated carbocycles. The molecular weight excluding hydrogens is 380 g/mol. The Hall–Kier alpha value is -3.22. The van der Waals surface area contributed by atoms with Crippen LogP contribution in [0.5, 0.6) is 0 Å². The molecule has 30 heavy (non-hydrogen) atoms. The predicted molar refractivity (Wildman–Crippen MR) is 113 cm³/mol. The van der Waals surface area contributed by atoms with Crippen molar-refractivity contribution in [2.75, 3.05) is 31.1 Å². The van der Waals surface area contributed by atoms with Gasteiger partial charge in [-0.15, -0.1) is 0 Å². The van der Waals surface area contributed by atoms with Crippen LogP contribution in [0, 0.1) is 13.8 Å². The number of pyridine rings is 1. The van der Waals surface area contributed by atoms with E-state index in [0.717, 1.165) is 35.6 Å². The molecule has 0 bridgehead atoms. The zero-order valence-corrected chi connectivity index (χ0v) is 17.6. The van der Waals surface area contributed by atoms with Crippen LogP contribution < -0.4 is 10.2 Å². The highest BCUT2D eigenvalue weighted by molar-refractivity contribution is 6.08. The molecule has 7 nitrogen and oxygen atoms in total. The van der Waals surface area contributed by atoms with Gasteiger partial charge in [-0.1, -0.05) is 18.2 Å². The van der Waals surface area contributed by atoms with Gasteiger partial charge in [0, 0.05) is 44.4 Å². The summed E-state index contributed by atoms with van der Waals surface area (Å²) in [5.41, 5.74) is 2.75. The second-order valence-corrected chi connectivity index (χ2v) is 8.40. The Morgan fingerprint density at radius 3 is 2.30 bits per heavy atom. The van der Waals surface area contributed by atoms with Crippen LogP contribution in [0.15, 0.2) is 36.5 Å². The minimum Gasteiger partial charge on any atom is -0.353 e. The van der Waals surface area contributed by atoms with Crippen molar-refractivity contribution in [2.24, 2.45) is 0 Å². The minimum atomic E-state index is -0.872. The smallest absolute Gasteiger partial charge is 0.253 e. The Kier molecular flexibility index (Phi) is 5.05. The fraction of sp³-hybridized carbons (Fsp3) is 0.391. The summed E-state index contributed by atoms with van der Waals surface area (Å²) in [4.78, 5) is 45.3. The lowest BCUT2D eigenvalue weighted by Gasteiger charge is -2.36. The van der Waals surface area contributed by atoms with E-state index in [4.69, 9.17) is 0 Å². The molecule has 2 saturated heterocycles. The summed E-state index contributed by atoms with van der Waals surface area (Å²) in [6, 6.07) is 9.18. The third-order valence-corrected chi connectivity index (χ3v) is 6.09. The fourth-order valence-electron chi connectivity index (χ4n) is 4.27. The SMILES string of the molecule is Cc1cnc(N2CCN(C(=O)c3ccc(C4(C)CC(=O)NC4=O)cc3)CC2)c(C)c1. The molecule has 3 heterocycles. The summed E-state index contributed by atoms with van der Waals surface area (Å²) in [5.74, 6) is 0.406.